The van der Waals surface area contributed by atoms with Gasteiger partial charge < -0.3 is 10.1 Å². The maximum absolute atomic E-state index is 12.4. The molecule has 9 nitrogen and oxygen atoms in total. The molecule has 0 unspecified atom stereocenters. The number of benzene rings is 1. The number of fused-ring (bicyclic) bond motifs is 1. The van der Waals surface area contributed by atoms with Gasteiger partial charge in [0.15, 0.2) is 5.00 Å². The molecule has 25 heavy (non-hydrogen) atoms. The number of amides is 1. The zero-order valence-electron chi connectivity index (χ0n) is 13.1. The summed E-state index contributed by atoms with van der Waals surface area (Å²) in [6.07, 6.45) is 1.52. The van der Waals surface area contributed by atoms with E-state index < -0.39 is 11.9 Å². The lowest BCUT2D eigenvalue weighted by molar-refractivity contribution is -0.116. The Morgan fingerprint density at radius 1 is 1.32 bits per heavy atom. The molecule has 1 aromatic carbocycles. The Kier molecular flexibility index (Phi) is 4.80. The number of nitrogens with zero attached hydrogens (tertiary/aromatic N) is 4. The van der Waals surface area contributed by atoms with Gasteiger partial charge in [-0.15, -0.1) is 5.10 Å². The SMILES string of the molecule is CCOC(=O)c1nnsc1NC(=O)Cn1ncc2ccccc2c1=O. The van der Waals surface area contributed by atoms with Crippen LogP contribution in [0, 0.1) is 0 Å². The zero-order valence-corrected chi connectivity index (χ0v) is 13.9. The lowest BCUT2D eigenvalue weighted by Gasteiger charge is -2.06. The van der Waals surface area contributed by atoms with Crippen LogP contribution >= 0.6 is 11.5 Å². The van der Waals surface area contributed by atoms with E-state index in [2.05, 4.69) is 20.0 Å². The van der Waals surface area contributed by atoms with Crippen molar-refractivity contribution in [3.8, 4) is 0 Å². The summed E-state index contributed by atoms with van der Waals surface area (Å²) < 4.78 is 9.53. The molecule has 0 aliphatic rings. The standard InChI is InChI=1S/C15H13N5O4S/c1-2-24-15(23)12-13(25-19-18-12)17-11(21)8-20-14(22)10-6-4-3-5-9(10)7-16-20/h3-7H,2,8H2,1H3,(H,17,21). The van der Waals surface area contributed by atoms with E-state index in [9.17, 15) is 14.4 Å². The molecule has 0 atom stereocenters. The largest absolute Gasteiger partial charge is 0.461 e. The fourth-order valence-electron chi connectivity index (χ4n) is 2.15. The predicted molar refractivity (Wildman–Crippen MR) is 90.5 cm³/mol. The average molecular weight is 359 g/mol. The van der Waals surface area contributed by atoms with Crippen molar-refractivity contribution in [3.63, 3.8) is 0 Å². The van der Waals surface area contributed by atoms with Gasteiger partial charge in [0.2, 0.25) is 11.6 Å². The number of aromatic nitrogens is 4. The molecule has 10 heteroatoms. The van der Waals surface area contributed by atoms with Crippen LogP contribution in [0.25, 0.3) is 10.8 Å². The molecule has 2 aromatic heterocycles. The van der Waals surface area contributed by atoms with Crippen LogP contribution in [0.5, 0.6) is 0 Å². The first kappa shape index (κ1) is 16.7. The number of carbonyl (C=O) groups excluding carboxylic acids is 2. The summed E-state index contributed by atoms with van der Waals surface area (Å²) in [5.74, 6) is -1.20. The van der Waals surface area contributed by atoms with Crippen molar-refractivity contribution in [1.82, 2.24) is 19.4 Å². The van der Waals surface area contributed by atoms with Crippen molar-refractivity contribution >= 4 is 39.2 Å². The van der Waals surface area contributed by atoms with Crippen LogP contribution in [0.1, 0.15) is 17.4 Å². The highest BCUT2D eigenvalue weighted by molar-refractivity contribution is 7.10. The first-order valence-corrected chi connectivity index (χ1v) is 8.11. The fourth-order valence-corrected chi connectivity index (χ4v) is 2.72. The molecule has 0 spiro atoms. The van der Waals surface area contributed by atoms with Crippen molar-refractivity contribution in [2.45, 2.75) is 13.5 Å². The topological polar surface area (TPSA) is 116 Å². The van der Waals surface area contributed by atoms with Gasteiger partial charge in [-0.05, 0) is 13.0 Å². The average Bonchev–Trinajstić information content (AvgIpc) is 3.06. The molecule has 128 valence electrons. The van der Waals surface area contributed by atoms with Gasteiger partial charge in [0, 0.05) is 16.9 Å². The summed E-state index contributed by atoms with van der Waals surface area (Å²) >= 11 is 0.848. The number of anilines is 1. The van der Waals surface area contributed by atoms with Crippen molar-refractivity contribution in [3.05, 3.63) is 46.5 Å². The van der Waals surface area contributed by atoms with Crippen molar-refractivity contribution in [1.29, 1.82) is 0 Å². The number of ether oxygens (including phenoxy) is 1. The van der Waals surface area contributed by atoms with E-state index >= 15 is 0 Å². The highest BCUT2D eigenvalue weighted by atomic mass is 32.1. The molecule has 0 bridgehead atoms. The number of carbonyl (C=O) groups is 2. The molecule has 0 fully saturated rings. The molecule has 0 aliphatic carbocycles. The van der Waals surface area contributed by atoms with Crippen LogP contribution in [0.3, 0.4) is 0 Å². The lowest BCUT2D eigenvalue weighted by atomic mass is 10.2. The molecule has 3 rings (SSSR count). The molecule has 3 aromatic rings. The number of esters is 1. The molecule has 1 amide bonds. The van der Waals surface area contributed by atoms with Gasteiger partial charge in [0.1, 0.15) is 6.54 Å². The van der Waals surface area contributed by atoms with E-state index in [1.807, 2.05) is 0 Å². The minimum absolute atomic E-state index is 0.0704. The molecule has 0 saturated carbocycles. The Balaban J connectivity index is 1.78. The van der Waals surface area contributed by atoms with Gasteiger partial charge in [0.25, 0.3) is 5.56 Å². The normalized spacial score (nSPS) is 10.6. The number of rotatable bonds is 5. The van der Waals surface area contributed by atoms with Crippen molar-refractivity contribution in [2.75, 3.05) is 11.9 Å². The first-order chi connectivity index (χ1) is 12.1. The summed E-state index contributed by atoms with van der Waals surface area (Å²) in [5, 5.41) is 11.5. The van der Waals surface area contributed by atoms with Gasteiger partial charge in [0.05, 0.1) is 18.2 Å². The Labute approximate surface area is 145 Å². The highest BCUT2D eigenvalue weighted by Gasteiger charge is 2.20. The maximum atomic E-state index is 12.4. The minimum Gasteiger partial charge on any atom is -0.461 e. The number of hydrogen-bond acceptors (Lipinski definition) is 8. The molecule has 0 saturated heterocycles. The molecule has 1 N–H and O–H groups in total. The third-order valence-electron chi connectivity index (χ3n) is 3.26. The van der Waals surface area contributed by atoms with Crippen LogP contribution in [-0.4, -0.2) is 37.9 Å². The quantitative estimate of drug-likeness (QED) is 0.677. The van der Waals surface area contributed by atoms with E-state index in [0.29, 0.717) is 10.8 Å². The Bertz CT molecular complexity index is 997. The summed E-state index contributed by atoms with van der Waals surface area (Å²) in [6, 6.07) is 6.97. The number of nitrogens with one attached hydrogen (secondary N) is 1. The van der Waals surface area contributed by atoms with E-state index in [1.165, 1.54) is 6.20 Å². The van der Waals surface area contributed by atoms with E-state index in [-0.39, 0.29) is 29.4 Å². The van der Waals surface area contributed by atoms with Crippen LogP contribution < -0.4 is 10.9 Å². The molecule has 0 aliphatic heterocycles. The second-order valence-electron chi connectivity index (χ2n) is 4.91. The van der Waals surface area contributed by atoms with Gasteiger partial charge in [-0.1, -0.05) is 22.7 Å². The van der Waals surface area contributed by atoms with Crippen LogP contribution in [0.15, 0.2) is 35.3 Å². The van der Waals surface area contributed by atoms with Crippen LogP contribution in [0.2, 0.25) is 0 Å². The summed E-state index contributed by atoms with van der Waals surface area (Å²) in [4.78, 5) is 36.3. The minimum atomic E-state index is -0.674. The fraction of sp³-hybridized carbons (Fsp3) is 0.200. The Morgan fingerprint density at radius 3 is 2.92 bits per heavy atom. The third kappa shape index (κ3) is 3.53. The van der Waals surface area contributed by atoms with Crippen LogP contribution in [0.4, 0.5) is 5.00 Å². The van der Waals surface area contributed by atoms with Gasteiger partial charge in [-0.3, -0.25) is 9.59 Å². The van der Waals surface area contributed by atoms with Crippen molar-refractivity contribution < 1.29 is 14.3 Å². The van der Waals surface area contributed by atoms with E-state index in [4.69, 9.17) is 4.74 Å². The second kappa shape index (κ2) is 7.18. The summed E-state index contributed by atoms with van der Waals surface area (Å²) in [6.45, 7) is 1.54. The smallest absolute Gasteiger partial charge is 0.362 e. The Morgan fingerprint density at radius 2 is 2.12 bits per heavy atom. The molecular formula is C15H13N5O4S. The summed E-state index contributed by atoms with van der Waals surface area (Å²) in [5.41, 5.74) is -0.444. The van der Waals surface area contributed by atoms with Crippen molar-refractivity contribution in [2.24, 2.45) is 0 Å². The maximum Gasteiger partial charge on any atom is 0.362 e. The summed E-state index contributed by atoms with van der Waals surface area (Å²) in [7, 11) is 0. The van der Waals surface area contributed by atoms with Gasteiger partial charge in [-0.25, -0.2) is 9.48 Å². The van der Waals surface area contributed by atoms with Gasteiger partial charge in [-0.2, -0.15) is 5.10 Å². The van der Waals surface area contributed by atoms with E-state index in [1.54, 1.807) is 31.2 Å². The zero-order chi connectivity index (χ0) is 17.8. The Hall–Kier alpha value is -3.14. The number of hydrogen-bond donors (Lipinski definition) is 1. The molecule has 0 radical (unpaired) electrons. The first-order valence-electron chi connectivity index (χ1n) is 7.34. The van der Waals surface area contributed by atoms with E-state index in [0.717, 1.165) is 16.2 Å². The molecule has 2 heterocycles. The predicted octanol–water partition coefficient (Wildman–Crippen LogP) is 1.06. The van der Waals surface area contributed by atoms with Gasteiger partial charge >= 0.3 is 5.97 Å². The highest BCUT2D eigenvalue weighted by Crippen LogP contribution is 2.18. The monoisotopic (exact) mass is 359 g/mol. The lowest BCUT2D eigenvalue weighted by Crippen LogP contribution is -2.29. The second-order valence-corrected chi connectivity index (χ2v) is 5.67. The van der Waals surface area contributed by atoms with Crippen LogP contribution in [-0.2, 0) is 16.1 Å². The third-order valence-corrected chi connectivity index (χ3v) is 3.91. The molecular weight excluding hydrogens is 346 g/mol.